The minimum absolute atomic E-state index is 0.0708. The third-order valence-corrected chi connectivity index (χ3v) is 8.37. The highest BCUT2D eigenvalue weighted by molar-refractivity contribution is 7.89. The Morgan fingerprint density at radius 2 is 1.80 bits per heavy atom. The molecule has 2 saturated heterocycles. The third kappa shape index (κ3) is 3.83. The SMILES string of the molecule is CC1CCC2(CC1)NC(=O)N(CN1CCN(S(=O)(=O)c3cccc(F)c3)CC1)C2=O. The maximum Gasteiger partial charge on any atom is 0.326 e. The van der Waals surface area contributed by atoms with Gasteiger partial charge in [-0.1, -0.05) is 13.0 Å². The van der Waals surface area contributed by atoms with Gasteiger partial charge in [0.2, 0.25) is 10.0 Å². The smallest absolute Gasteiger partial charge is 0.323 e. The molecule has 1 N–H and O–H groups in total. The van der Waals surface area contributed by atoms with E-state index in [1.54, 1.807) is 0 Å². The predicted octanol–water partition coefficient (Wildman–Crippen LogP) is 1.59. The molecule has 1 aromatic rings. The lowest BCUT2D eigenvalue weighted by Gasteiger charge is -2.36. The fourth-order valence-corrected chi connectivity index (χ4v) is 5.94. The number of amides is 3. The van der Waals surface area contributed by atoms with Crippen molar-refractivity contribution in [3.8, 4) is 0 Å². The number of nitrogens with zero attached hydrogens (tertiary/aromatic N) is 3. The molecule has 164 valence electrons. The van der Waals surface area contributed by atoms with Gasteiger partial charge in [-0.25, -0.2) is 22.5 Å². The number of nitrogens with one attached hydrogen (secondary N) is 1. The number of sulfonamides is 1. The fourth-order valence-electron chi connectivity index (χ4n) is 4.49. The molecule has 3 aliphatic rings. The quantitative estimate of drug-likeness (QED) is 0.721. The topological polar surface area (TPSA) is 90.0 Å². The highest BCUT2D eigenvalue weighted by Crippen LogP contribution is 2.36. The number of hydrogen-bond donors (Lipinski definition) is 1. The molecule has 0 atom stereocenters. The molecule has 1 spiro atoms. The van der Waals surface area contributed by atoms with Gasteiger partial charge in [0.05, 0.1) is 11.6 Å². The molecule has 10 heteroatoms. The first-order chi connectivity index (χ1) is 14.2. The van der Waals surface area contributed by atoms with Crippen LogP contribution in [0.25, 0.3) is 0 Å². The Hall–Kier alpha value is -2.04. The highest BCUT2D eigenvalue weighted by atomic mass is 32.2. The molecular weight excluding hydrogens is 411 g/mol. The summed E-state index contributed by atoms with van der Waals surface area (Å²) in [5.74, 6) is -0.212. The lowest BCUT2D eigenvalue weighted by atomic mass is 9.77. The van der Waals surface area contributed by atoms with Crippen molar-refractivity contribution in [3.63, 3.8) is 0 Å². The molecule has 0 unspecified atom stereocenters. The number of piperazine rings is 1. The Morgan fingerprint density at radius 1 is 1.13 bits per heavy atom. The molecule has 8 nitrogen and oxygen atoms in total. The van der Waals surface area contributed by atoms with E-state index in [1.807, 2.05) is 4.90 Å². The van der Waals surface area contributed by atoms with Gasteiger partial charge in [0.1, 0.15) is 11.4 Å². The van der Waals surface area contributed by atoms with Crippen molar-refractivity contribution in [2.75, 3.05) is 32.8 Å². The fraction of sp³-hybridized carbons (Fsp3) is 0.600. The number of urea groups is 1. The second-order valence-electron chi connectivity index (χ2n) is 8.55. The molecule has 3 fully saturated rings. The van der Waals surface area contributed by atoms with Crippen molar-refractivity contribution >= 4 is 22.0 Å². The maximum absolute atomic E-state index is 13.4. The molecule has 0 bridgehead atoms. The van der Waals surface area contributed by atoms with E-state index in [4.69, 9.17) is 0 Å². The zero-order chi connectivity index (χ0) is 21.5. The summed E-state index contributed by atoms with van der Waals surface area (Å²) < 4.78 is 40.2. The lowest BCUT2D eigenvalue weighted by molar-refractivity contribution is -0.134. The van der Waals surface area contributed by atoms with Crippen molar-refractivity contribution in [2.24, 2.45) is 5.92 Å². The highest BCUT2D eigenvalue weighted by Gasteiger charge is 2.52. The Morgan fingerprint density at radius 3 is 2.43 bits per heavy atom. The van der Waals surface area contributed by atoms with Gasteiger partial charge in [-0.2, -0.15) is 4.31 Å². The maximum atomic E-state index is 13.4. The Labute approximate surface area is 176 Å². The molecule has 1 aromatic carbocycles. The van der Waals surface area contributed by atoms with Gasteiger partial charge < -0.3 is 5.32 Å². The van der Waals surface area contributed by atoms with Crippen molar-refractivity contribution in [1.29, 1.82) is 0 Å². The molecule has 1 saturated carbocycles. The zero-order valence-electron chi connectivity index (χ0n) is 17.0. The molecule has 30 heavy (non-hydrogen) atoms. The average molecular weight is 439 g/mol. The number of carbonyl (C=O) groups is 2. The first kappa shape index (κ1) is 21.2. The molecule has 3 amide bonds. The van der Waals surface area contributed by atoms with Crippen LogP contribution in [0, 0.1) is 11.7 Å². The monoisotopic (exact) mass is 438 g/mol. The van der Waals surface area contributed by atoms with E-state index in [9.17, 15) is 22.4 Å². The normalized spacial score (nSPS) is 28.9. The largest absolute Gasteiger partial charge is 0.326 e. The molecular formula is C20H27FN4O4S. The number of carbonyl (C=O) groups excluding carboxylic acids is 2. The van der Waals surface area contributed by atoms with E-state index < -0.39 is 21.4 Å². The molecule has 4 rings (SSSR count). The van der Waals surface area contributed by atoms with Crippen LogP contribution in [0.4, 0.5) is 9.18 Å². The number of hydrogen-bond acceptors (Lipinski definition) is 5. The number of imide groups is 1. The van der Waals surface area contributed by atoms with Gasteiger partial charge in [0.25, 0.3) is 5.91 Å². The first-order valence-corrected chi connectivity index (χ1v) is 11.8. The van der Waals surface area contributed by atoms with Gasteiger partial charge in [-0.3, -0.25) is 9.69 Å². The van der Waals surface area contributed by atoms with Crippen LogP contribution < -0.4 is 5.32 Å². The molecule has 0 radical (unpaired) electrons. The van der Waals surface area contributed by atoms with Crippen LogP contribution >= 0.6 is 0 Å². The zero-order valence-corrected chi connectivity index (χ0v) is 17.8. The van der Waals surface area contributed by atoms with Crippen molar-refractivity contribution in [2.45, 2.75) is 43.0 Å². The van der Waals surface area contributed by atoms with Gasteiger partial charge in [-0.15, -0.1) is 0 Å². The summed E-state index contributed by atoms with van der Waals surface area (Å²) in [6.07, 6.45) is 3.15. The van der Waals surface area contributed by atoms with Crippen LogP contribution in [0.2, 0.25) is 0 Å². The molecule has 2 heterocycles. The Bertz CT molecular complexity index is 938. The second kappa shape index (κ2) is 7.90. The average Bonchev–Trinajstić information content (AvgIpc) is 2.95. The molecule has 2 aliphatic heterocycles. The van der Waals surface area contributed by atoms with E-state index in [0.29, 0.717) is 31.8 Å². The van der Waals surface area contributed by atoms with E-state index in [1.165, 1.54) is 27.4 Å². The van der Waals surface area contributed by atoms with Crippen LogP contribution in [-0.2, 0) is 14.8 Å². The van der Waals surface area contributed by atoms with Crippen LogP contribution in [0.15, 0.2) is 29.2 Å². The summed E-state index contributed by atoms with van der Waals surface area (Å²) in [4.78, 5) is 28.6. The van der Waals surface area contributed by atoms with Crippen molar-refractivity contribution < 1.29 is 22.4 Å². The summed E-state index contributed by atoms with van der Waals surface area (Å²) >= 11 is 0. The molecule has 1 aliphatic carbocycles. The first-order valence-electron chi connectivity index (χ1n) is 10.3. The van der Waals surface area contributed by atoms with E-state index in [2.05, 4.69) is 12.2 Å². The number of rotatable bonds is 4. The van der Waals surface area contributed by atoms with Crippen LogP contribution in [-0.4, -0.2) is 72.8 Å². The minimum Gasteiger partial charge on any atom is -0.323 e. The molecule has 0 aromatic heterocycles. The van der Waals surface area contributed by atoms with E-state index in [0.717, 1.165) is 18.9 Å². The summed E-state index contributed by atoms with van der Waals surface area (Å²) in [7, 11) is -3.78. The second-order valence-corrected chi connectivity index (χ2v) is 10.5. The van der Waals surface area contributed by atoms with Crippen LogP contribution in [0.1, 0.15) is 32.6 Å². The van der Waals surface area contributed by atoms with Crippen molar-refractivity contribution in [1.82, 2.24) is 19.4 Å². The third-order valence-electron chi connectivity index (χ3n) is 6.48. The minimum atomic E-state index is -3.78. The number of halogens is 1. The summed E-state index contributed by atoms with van der Waals surface area (Å²) in [6, 6.07) is 4.60. The van der Waals surface area contributed by atoms with Gasteiger partial charge in [0.15, 0.2) is 0 Å². The van der Waals surface area contributed by atoms with Crippen molar-refractivity contribution in [3.05, 3.63) is 30.1 Å². The summed E-state index contributed by atoms with van der Waals surface area (Å²) in [5, 5.41) is 2.91. The van der Waals surface area contributed by atoms with E-state index >= 15 is 0 Å². The number of benzene rings is 1. The van der Waals surface area contributed by atoms with Crippen LogP contribution in [0.3, 0.4) is 0 Å². The lowest BCUT2D eigenvalue weighted by Crippen LogP contribution is -2.53. The Kier molecular flexibility index (Phi) is 5.58. The van der Waals surface area contributed by atoms with Gasteiger partial charge in [-0.05, 0) is 49.8 Å². The van der Waals surface area contributed by atoms with Gasteiger partial charge in [0, 0.05) is 26.2 Å². The predicted molar refractivity (Wildman–Crippen MR) is 107 cm³/mol. The summed E-state index contributed by atoms with van der Waals surface area (Å²) in [5.41, 5.74) is -0.772. The standard InChI is InChI=1S/C20H27FN4O4S/c1-15-5-7-20(8-6-15)18(26)25(19(27)22-20)14-23-9-11-24(12-10-23)30(28,29)17-4-2-3-16(21)13-17/h2-4,13,15H,5-12,14H2,1H3,(H,22,27). The van der Waals surface area contributed by atoms with Crippen LogP contribution in [0.5, 0.6) is 0 Å². The van der Waals surface area contributed by atoms with E-state index in [-0.39, 0.29) is 36.6 Å². The summed E-state index contributed by atoms with van der Waals surface area (Å²) in [6.45, 7) is 3.50. The van der Waals surface area contributed by atoms with Gasteiger partial charge >= 0.3 is 6.03 Å². The Balaban J connectivity index is 1.37.